The number of anilines is 1. The minimum absolute atomic E-state index is 0.0630. The zero-order valence-corrected chi connectivity index (χ0v) is 11.5. The number of rotatable bonds is 4. The van der Waals surface area contributed by atoms with Crippen molar-refractivity contribution in [1.29, 1.82) is 0 Å². The third-order valence-corrected chi connectivity index (χ3v) is 3.65. The molecular formula is C16H22N2O. The fourth-order valence-corrected chi connectivity index (χ4v) is 2.56. The number of amides is 1. The standard InChI is InChI=1S/C16H22N2O/c1-12-6-5-9-14(17)15(12)16(19)18-11-10-13-7-3-2-4-8-13/h5-7,9H,2-4,8,10-11,17H2,1H3,(H,18,19). The van der Waals surface area contributed by atoms with Gasteiger partial charge in [-0.15, -0.1) is 0 Å². The minimum atomic E-state index is -0.0630. The number of carbonyl (C=O) groups excluding carboxylic acids is 1. The van der Waals surface area contributed by atoms with Crippen LogP contribution >= 0.6 is 0 Å². The number of aryl methyl sites for hydroxylation is 1. The first-order chi connectivity index (χ1) is 9.18. The van der Waals surface area contributed by atoms with E-state index in [0.29, 0.717) is 17.8 Å². The molecule has 0 fully saturated rings. The number of hydrogen-bond donors (Lipinski definition) is 2. The molecule has 3 nitrogen and oxygen atoms in total. The smallest absolute Gasteiger partial charge is 0.253 e. The van der Waals surface area contributed by atoms with E-state index < -0.39 is 0 Å². The van der Waals surface area contributed by atoms with Crippen LogP contribution in [0.15, 0.2) is 29.8 Å². The molecule has 0 saturated heterocycles. The number of carbonyl (C=O) groups is 1. The van der Waals surface area contributed by atoms with E-state index in [2.05, 4.69) is 11.4 Å². The second-order valence-electron chi connectivity index (χ2n) is 5.15. The van der Waals surface area contributed by atoms with Gasteiger partial charge in [-0.05, 0) is 50.7 Å². The molecule has 0 unspecified atom stereocenters. The lowest BCUT2D eigenvalue weighted by Gasteiger charge is -2.14. The van der Waals surface area contributed by atoms with E-state index in [1.807, 2.05) is 19.1 Å². The van der Waals surface area contributed by atoms with Crippen molar-refractivity contribution in [1.82, 2.24) is 5.32 Å². The van der Waals surface area contributed by atoms with E-state index >= 15 is 0 Å². The first kappa shape index (κ1) is 13.7. The Kier molecular flexibility index (Phi) is 4.61. The largest absolute Gasteiger partial charge is 0.398 e. The molecule has 3 heteroatoms. The second-order valence-corrected chi connectivity index (χ2v) is 5.15. The molecule has 1 aromatic rings. The maximum absolute atomic E-state index is 12.1. The zero-order chi connectivity index (χ0) is 13.7. The average Bonchev–Trinajstić information content (AvgIpc) is 2.40. The van der Waals surface area contributed by atoms with Gasteiger partial charge in [0.05, 0.1) is 5.56 Å². The highest BCUT2D eigenvalue weighted by molar-refractivity contribution is 6.00. The van der Waals surface area contributed by atoms with Crippen molar-refractivity contribution in [3.63, 3.8) is 0 Å². The summed E-state index contributed by atoms with van der Waals surface area (Å²) >= 11 is 0. The number of hydrogen-bond acceptors (Lipinski definition) is 2. The van der Waals surface area contributed by atoms with Gasteiger partial charge in [-0.3, -0.25) is 4.79 Å². The molecule has 1 amide bonds. The molecule has 2 rings (SSSR count). The molecule has 3 N–H and O–H groups in total. The summed E-state index contributed by atoms with van der Waals surface area (Å²) in [4.78, 5) is 12.1. The molecule has 102 valence electrons. The van der Waals surface area contributed by atoms with Gasteiger partial charge in [-0.2, -0.15) is 0 Å². The Balaban J connectivity index is 1.89. The van der Waals surface area contributed by atoms with Gasteiger partial charge in [-0.1, -0.05) is 23.8 Å². The molecule has 0 atom stereocenters. The van der Waals surface area contributed by atoms with Crippen LogP contribution in [0.3, 0.4) is 0 Å². The third kappa shape index (κ3) is 3.60. The highest BCUT2D eigenvalue weighted by atomic mass is 16.1. The van der Waals surface area contributed by atoms with Crippen molar-refractivity contribution in [3.8, 4) is 0 Å². The van der Waals surface area contributed by atoms with Crippen molar-refractivity contribution < 1.29 is 4.79 Å². The van der Waals surface area contributed by atoms with Gasteiger partial charge >= 0.3 is 0 Å². The maximum Gasteiger partial charge on any atom is 0.253 e. The molecule has 0 aliphatic heterocycles. The van der Waals surface area contributed by atoms with Crippen molar-refractivity contribution >= 4 is 11.6 Å². The number of benzene rings is 1. The van der Waals surface area contributed by atoms with E-state index in [1.165, 1.54) is 31.3 Å². The summed E-state index contributed by atoms with van der Waals surface area (Å²) in [5.74, 6) is -0.0630. The van der Waals surface area contributed by atoms with Crippen LogP contribution in [0, 0.1) is 6.92 Å². The maximum atomic E-state index is 12.1. The van der Waals surface area contributed by atoms with Gasteiger partial charge in [0.15, 0.2) is 0 Å². The summed E-state index contributed by atoms with van der Waals surface area (Å²) < 4.78 is 0. The van der Waals surface area contributed by atoms with E-state index in [-0.39, 0.29) is 5.91 Å². The molecule has 1 aliphatic rings. The summed E-state index contributed by atoms with van der Waals surface area (Å²) in [6.45, 7) is 2.60. The van der Waals surface area contributed by atoms with Gasteiger partial charge in [0.1, 0.15) is 0 Å². The molecule has 0 bridgehead atoms. The van der Waals surface area contributed by atoms with Crippen molar-refractivity contribution in [2.75, 3.05) is 12.3 Å². The first-order valence-corrected chi connectivity index (χ1v) is 6.99. The SMILES string of the molecule is Cc1cccc(N)c1C(=O)NCCC1=CCCCC1. The van der Waals surface area contributed by atoms with Crippen LogP contribution in [0.1, 0.15) is 48.0 Å². The molecule has 0 aromatic heterocycles. The molecule has 1 aliphatic carbocycles. The monoisotopic (exact) mass is 258 g/mol. The third-order valence-electron chi connectivity index (χ3n) is 3.65. The molecule has 0 saturated carbocycles. The van der Waals surface area contributed by atoms with Gasteiger partial charge in [0.2, 0.25) is 0 Å². The Labute approximate surface area is 114 Å². The van der Waals surface area contributed by atoms with Crippen LogP contribution in [0.5, 0.6) is 0 Å². The lowest BCUT2D eigenvalue weighted by atomic mass is 9.97. The number of nitrogens with one attached hydrogen (secondary N) is 1. The van der Waals surface area contributed by atoms with Crippen molar-refractivity contribution in [3.05, 3.63) is 41.0 Å². The van der Waals surface area contributed by atoms with Crippen LogP contribution in [0.2, 0.25) is 0 Å². The van der Waals surface area contributed by atoms with E-state index in [1.54, 1.807) is 6.07 Å². The normalized spacial score (nSPS) is 14.9. The number of nitrogens with two attached hydrogens (primary N) is 1. The van der Waals surface area contributed by atoms with Gasteiger partial charge in [0, 0.05) is 12.2 Å². The Morgan fingerprint density at radius 1 is 1.37 bits per heavy atom. The van der Waals surface area contributed by atoms with E-state index in [4.69, 9.17) is 5.73 Å². The lowest BCUT2D eigenvalue weighted by Crippen LogP contribution is -2.26. The highest BCUT2D eigenvalue weighted by Crippen LogP contribution is 2.20. The fourth-order valence-electron chi connectivity index (χ4n) is 2.56. The van der Waals surface area contributed by atoms with E-state index in [9.17, 15) is 4.79 Å². The summed E-state index contributed by atoms with van der Waals surface area (Å²) in [7, 11) is 0. The van der Waals surface area contributed by atoms with Gasteiger partial charge < -0.3 is 11.1 Å². The Morgan fingerprint density at radius 2 is 2.21 bits per heavy atom. The summed E-state index contributed by atoms with van der Waals surface area (Å²) in [5.41, 5.74) is 9.43. The summed E-state index contributed by atoms with van der Waals surface area (Å²) in [6.07, 6.45) is 8.23. The minimum Gasteiger partial charge on any atom is -0.398 e. The Bertz CT molecular complexity index is 471. The molecule has 0 heterocycles. The van der Waals surface area contributed by atoms with Crippen LogP contribution < -0.4 is 11.1 Å². The van der Waals surface area contributed by atoms with Crippen molar-refractivity contribution in [2.45, 2.75) is 39.0 Å². The fraction of sp³-hybridized carbons (Fsp3) is 0.438. The molecule has 19 heavy (non-hydrogen) atoms. The first-order valence-electron chi connectivity index (χ1n) is 6.99. The van der Waals surface area contributed by atoms with E-state index in [0.717, 1.165) is 12.0 Å². The number of allylic oxidation sites excluding steroid dienone is 1. The Morgan fingerprint density at radius 3 is 2.89 bits per heavy atom. The molecular weight excluding hydrogens is 236 g/mol. The zero-order valence-electron chi connectivity index (χ0n) is 11.5. The average molecular weight is 258 g/mol. The topological polar surface area (TPSA) is 55.1 Å². The number of nitrogen functional groups attached to an aromatic ring is 1. The Hall–Kier alpha value is -1.77. The highest BCUT2D eigenvalue weighted by Gasteiger charge is 2.12. The van der Waals surface area contributed by atoms with Crippen molar-refractivity contribution in [2.24, 2.45) is 0 Å². The summed E-state index contributed by atoms with van der Waals surface area (Å²) in [5, 5.41) is 2.97. The summed E-state index contributed by atoms with van der Waals surface area (Å²) in [6, 6.07) is 5.55. The van der Waals surface area contributed by atoms with Crippen LogP contribution in [-0.2, 0) is 0 Å². The molecule has 0 radical (unpaired) electrons. The van der Waals surface area contributed by atoms with Crippen LogP contribution in [-0.4, -0.2) is 12.5 Å². The predicted molar refractivity (Wildman–Crippen MR) is 79.1 cm³/mol. The quantitative estimate of drug-likeness (QED) is 0.643. The predicted octanol–water partition coefficient (Wildman–Crippen LogP) is 3.20. The molecule has 0 spiro atoms. The lowest BCUT2D eigenvalue weighted by molar-refractivity contribution is 0.0954. The van der Waals surface area contributed by atoms with Crippen LogP contribution in [0.25, 0.3) is 0 Å². The molecule has 1 aromatic carbocycles. The second kappa shape index (κ2) is 6.41. The van der Waals surface area contributed by atoms with Gasteiger partial charge in [0.25, 0.3) is 5.91 Å². The van der Waals surface area contributed by atoms with Gasteiger partial charge in [-0.25, -0.2) is 0 Å². The van der Waals surface area contributed by atoms with Crippen LogP contribution in [0.4, 0.5) is 5.69 Å².